The summed E-state index contributed by atoms with van der Waals surface area (Å²) in [6.07, 6.45) is 1.54. The van der Waals surface area contributed by atoms with Gasteiger partial charge in [-0.1, -0.05) is 29.8 Å². The summed E-state index contributed by atoms with van der Waals surface area (Å²) in [5.74, 6) is -1.19. The van der Waals surface area contributed by atoms with E-state index in [0.717, 1.165) is 28.2 Å². The number of hydrogen-bond donors (Lipinski definition) is 1. The molecule has 0 bridgehead atoms. The first-order chi connectivity index (χ1) is 13.8. The highest BCUT2D eigenvalue weighted by Crippen LogP contribution is 2.25. The van der Waals surface area contributed by atoms with Gasteiger partial charge in [0.25, 0.3) is 5.91 Å². The Bertz CT molecular complexity index is 1170. The molecule has 0 saturated carbocycles. The van der Waals surface area contributed by atoms with E-state index in [1.54, 1.807) is 12.1 Å². The Morgan fingerprint density at radius 3 is 2.48 bits per heavy atom. The van der Waals surface area contributed by atoms with Crippen LogP contribution in [0.4, 0.5) is 10.1 Å². The number of amides is 1. The molecule has 1 heterocycles. The van der Waals surface area contributed by atoms with Gasteiger partial charge in [0, 0.05) is 17.1 Å². The quantitative estimate of drug-likeness (QED) is 0.482. The lowest BCUT2D eigenvalue weighted by Gasteiger charge is -2.13. The Morgan fingerprint density at radius 2 is 1.83 bits per heavy atom. The molecular formula is C24H22FN3O. The number of benzene rings is 2. The van der Waals surface area contributed by atoms with Crippen LogP contribution in [0.2, 0.25) is 0 Å². The van der Waals surface area contributed by atoms with Crippen LogP contribution in [0.3, 0.4) is 0 Å². The Balaban J connectivity index is 1.98. The SMILES string of the molecule is Cc1ccc(-n2c(C)cc(/C=C(\C#N)C(=O)Nc3ccccc3F)c2C)c(C)c1. The zero-order valence-electron chi connectivity index (χ0n) is 16.9. The zero-order valence-corrected chi connectivity index (χ0v) is 16.9. The molecule has 4 nitrogen and oxygen atoms in total. The van der Waals surface area contributed by atoms with Crippen molar-refractivity contribution in [3.8, 4) is 11.8 Å². The number of carbonyl (C=O) groups excluding carboxylic acids is 1. The van der Waals surface area contributed by atoms with Gasteiger partial charge in [-0.05, 0) is 69.2 Å². The molecule has 2 aromatic carbocycles. The predicted molar refractivity (Wildman–Crippen MR) is 113 cm³/mol. The van der Waals surface area contributed by atoms with Crippen LogP contribution in [-0.2, 0) is 4.79 Å². The zero-order chi connectivity index (χ0) is 21.1. The lowest BCUT2D eigenvalue weighted by Crippen LogP contribution is -2.14. The summed E-state index contributed by atoms with van der Waals surface area (Å²) >= 11 is 0. The summed E-state index contributed by atoms with van der Waals surface area (Å²) in [4.78, 5) is 12.5. The smallest absolute Gasteiger partial charge is 0.266 e. The highest BCUT2D eigenvalue weighted by molar-refractivity contribution is 6.09. The van der Waals surface area contributed by atoms with Gasteiger partial charge in [0.1, 0.15) is 17.5 Å². The molecule has 3 aromatic rings. The second kappa shape index (κ2) is 8.15. The monoisotopic (exact) mass is 387 g/mol. The molecule has 1 amide bonds. The van der Waals surface area contributed by atoms with Crippen LogP contribution in [0, 0.1) is 44.8 Å². The Kier molecular flexibility index (Phi) is 5.65. The number of nitrogens with zero attached hydrogens (tertiary/aromatic N) is 2. The van der Waals surface area contributed by atoms with Crippen LogP contribution in [0.1, 0.15) is 28.1 Å². The molecule has 0 fully saturated rings. The molecule has 1 N–H and O–H groups in total. The fourth-order valence-electron chi connectivity index (χ4n) is 3.42. The van der Waals surface area contributed by atoms with Crippen LogP contribution in [-0.4, -0.2) is 10.5 Å². The maximum Gasteiger partial charge on any atom is 0.266 e. The van der Waals surface area contributed by atoms with Gasteiger partial charge in [-0.2, -0.15) is 5.26 Å². The summed E-state index contributed by atoms with van der Waals surface area (Å²) in [6, 6.07) is 15.9. The molecule has 0 spiro atoms. The highest BCUT2D eigenvalue weighted by atomic mass is 19.1. The molecule has 0 atom stereocenters. The van der Waals surface area contributed by atoms with E-state index in [-0.39, 0.29) is 11.3 Å². The number of aromatic nitrogens is 1. The maximum absolute atomic E-state index is 13.8. The third-order valence-corrected chi connectivity index (χ3v) is 4.85. The van der Waals surface area contributed by atoms with Crippen molar-refractivity contribution in [3.63, 3.8) is 0 Å². The van der Waals surface area contributed by atoms with E-state index >= 15 is 0 Å². The number of aryl methyl sites for hydroxylation is 3. The number of rotatable bonds is 4. The van der Waals surface area contributed by atoms with Crippen LogP contribution in [0.15, 0.2) is 54.1 Å². The van der Waals surface area contributed by atoms with Crippen molar-refractivity contribution in [1.29, 1.82) is 5.26 Å². The van der Waals surface area contributed by atoms with E-state index in [2.05, 4.69) is 35.0 Å². The van der Waals surface area contributed by atoms with Crippen molar-refractivity contribution >= 4 is 17.7 Å². The molecule has 3 rings (SSSR count). The summed E-state index contributed by atoms with van der Waals surface area (Å²) < 4.78 is 15.9. The molecule has 0 aliphatic rings. The lowest BCUT2D eigenvalue weighted by molar-refractivity contribution is -0.112. The van der Waals surface area contributed by atoms with Crippen molar-refractivity contribution in [2.45, 2.75) is 27.7 Å². The number of nitrogens with one attached hydrogen (secondary N) is 1. The van der Waals surface area contributed by atoms with Crippen molar-refractivity contribution in [3.05, 3.63) is 88.0 Å². The first-order valence-corrected chi connectivity index (χ1v) is 9.26. The van der Waals surface area contributed by atoms with Crippen LogP contribution >= 0.6 is 0 Å². The average molecular weight is 387 g/mol. The number of carbonyl (C=O) groups is 1. The second-order valence-electron chi connectivity index (χ2n) is 7.06. The molecule has 0 saturated heterocycles. The molecule has 29 heavy (non-hydrogen) atoms. The van der Waals surface area contributed by atoms with Gasteiger partial charge in [-0.15, -0.1) is 0 Å². The Hall–Kier alpha value is -3.65. The Labute approximate surface area is 169 Å². The van der Waals surface area contributed by atoms with Gasteiger partial charge in [0.05, 0.1) is 5.69 Å². The van der Waals surface area contributed by atoms with E-state index in [4.69, 9.17) is 0 Å². The molecule has 1 aromatic heterocycles. The van der Waals surface area contributed by atoms with Crippen LogP contribution in [0.25, 0.3) is 11.8 Å². The van der Waals surface area contributed by atoms with Crippen LogP contribution < -0.4 is 5.32 Å². The largest absolute Gasteiger partial charge is 0.319 e. The summed E-state index contributed by atoms with van der Waals surface area (Å²) in [5, 5.41) is 11.9. The first kappa shape index (κ1) is 20.1. The number of nitriles is 1. The molecule has 0 unspecified atom stereocenters. The highest BCUT2D eigenvalue weighted by Gasteiger charge is 2.15. The topological polar surface area (TPSA) is 57.8 Å². The van der Waals surface area contributed by atoms with E-state index in [1.165, 1.54) is 23.8 Å². The summed E-state index contributed by atoms with van der Waals surface area (Å²) in [7, 11) is 0. The second-order valence-corrected chi connectivity index (χ2v) is 7.06. The minimum absolute atomic E-state index is 0.0411. The third-order valence-electron chi connectivity index (χ3n) is 4.85. The molecular weight excluding hydrogens is 365 g/mol. The minimum Gasteiger partial charge on any atom is -0.319 e. The molecule has 146 valence electrons. The number of hydrogen-bond acceptors (Lipinski definition) is 2. The average Bonchev–Trinajstić information content (AvgIpc) is 2.95. The summed E-state index contributed by atoms with van der Waals surface area (Å²) in [6.45, 7) is 8.03. The van der Waals surface area contributed by atoms with E-state index in [1.807, 2.05) is 32.9 Å². The lowest BCUT2D eigenvalue weighted by atomic mass is 10.1. The molecule has 0 aliphatic heterocycles. The molecule has 5 heteroatoms. The first-order valence-electron chi connectivity index (χ1n) is 9.26. The van der Waals surface area contributed by atoms with Gasteiger partial charge in [0.2, 0.25) is 0 Å². The van der Waals surface area contributed by atoms with Gasteiger partial charge >= 0.3 is 0 Å². The van der Waals surface area contributed by atoms with Gasteiger partial charge < -0.3 is 9.88 Å². The standard InChI is InChI=1S/C24H22FN3O/c1-15-9-10-23(16(2)11-15)28-17(3)12-19(18(28)4)13-20(14-26)24(29)27-22-8-6-5-7-21(22)25/h5-13H,1-4H3,(H,27,29)/b20-13+. The van der Waals surface area contributed by atoms with Crippen molar-refractivity contribution in [2.75, 3.05) is 5.32 Å². The van der Waals surface area contributed by atoms with E-state index in [9.17, 15) is 14.4 Å². The predicted octanol–water partition coefficient (Wildman–Crippen LogP) is 5.40. The molecule has 0 aliphatic carbocycles. The fourth-order valence-corrected chi connectivity index (χ4v) is 3.42. The normalized spacial score (nSPS) is 11.2. The maximum atomic E-state index is 13.8. The fraction of sp³-hybridized carbons (Fsp3) is 0.167. The molecule has 0 radical (unpaired) electrons. The Morgan fingerprint density at radius 1 is 1.10 bits per heavy atom. The van der Waals surface area contributed by atoms with E-state index < -0.39 is 11.7 Å². The third kappa shape index (κ3) is 4.12. The number of halogens is 1. The van der Waals surface area contributed by atoms with Crippen molar-refractivity contribution in [1.82, 2.24) is 4.57 Å². The minimum atomic E-state index is -0.645. The summed E-state index contributed by atoms with van der Waals surface area (Å²) in [5.41, 5.74) is 6.01. The van der Waals surface area contributed by atoms with Crippen molar-refractivity contribution in [2.24, 2.45) is 0 Å². The van der Waals surface area contributed by atoms with Crippen molar-refractivity contribution < 1.29 is 9.18 Å². The van der Waals surface area contributed by atoms with E-state index in [0.29, 0.717) is 0 Å². The van der Waals surface area contributed by atoms with Gasteiger partial charge in [-0.3, -0.25) is 4.79 Å². The van der Waals surface area contributed by atoms with Gasteiger partial charge in [-0.25, -0.2) is 4.39 Å². The number of para-hydroxylation sites is 1. The number of anilines is 1. The van der Waals surface area contributed by atoms with Crippen LogP contribution in [0.5, 0.6) is 0 Å². The van der Waals surface area contributed by atoms with Gasteiger partial charge in [0.15, 0.2) is 0 Å².